The first kappa shape index (κ1) is 17.4. The number of carbonyl (C=O) groups is 2. The Balaban J connectivity index is 2.74. The standard InChI is InChI=1S/C14H18ClNO5/c1-8(17)16-5-4-12(18)14(21)9-2-3-11(15)10(6-9)7-13(19)20/h2-3,6,12,14,18,21H,4-5,7H2,1H3,(H,16,17)(H,19,20). The largest absolute Gasteiger partial charge is 0.481 e. The maximum absolute atomic E-state index is 10.7. The molecule has 0 saturated heterocycles. The van der Waals surface area contributed by atoms with Gasteiger partial charge in [-0.25, -0.2) is 0 Å². The summed E-state index contributed by atoms with van der Waals surface area (Å²) < 4.78 is 0. The van der Waals surface area contributed by atoms with Gasteiger partial charge in [0.05, 0.1) is 12.5 Å². The van der Waals surface area contributed by atoms with Gasteiger partial charge in [0.15, 0.2) is 0 Å². The summed E-state index contributed by atoms with van der Waals surface area (Å²) in [7, 11) is 0. The van der Waals surface area contributed by atoms with Crippen molar-refractivity contribution in [2.75, 3.05) is 6.54 Å². The normalized spacial score (nSPS) is 13.5. The Kier molecular flexibility index (Phi) is 6.61. The Morgan fingerprint density at radius 3 is 2.57 bits per heavy atom. The number of aliphatic carboxylic acids is 1. The van der Waals surface area contributed by atoms with Crippen LogP contribution in [0, 0.1) is 0 Å². The first-order valence-corrected chi connectivity index (χ1v) is 6.79. The number of rotatable bonds is 7. The Labute approximate surface area is 127 Å². The summed E-state index contributed by atoms with van der Waals surface area (Å²) in [5, 5.41) is 31.5. The number of carboxylic acid groups (broad SMARTS) is 1. The quantitative estimate of drug-likeness (QED) is 0.598. The molecule has 0 aliphatic heterocycles. The van der Waals surface area contributed by atoms with Crippen LogP contribution in [0.25, 0.3) is 0 Å². The van der Waals surface area contributed by atoms with Crippen LogP contribution >= 0.6 is 11.6 Å². The lowest BCUT2D eigenvalue weighted by Gasteiger charge is -2.19. The minimum absolute atomic E-state index is 0.178. The molecular weight excluding hydrogens is 298 g/mol. The molecule has 6 nitrogen and oxygen atoms in total. The summed E-state index contributed by atoms with van der Waals surface area (Å²) in [6.45, 7) is 1.60. The second kappa shape index (κ2) is 7.97. The van der Waals surface area contributed by atoms with Gasteiger partial charge in [-0.05, 0) is 23.6 Å². The van der Waals surface area contributed by atoms with Gasteiger partial charge in [-0.3, -0.25) is 9.59 Å². The predicted octanol–water partition coefficient (Wildman–Crippen LogP) is 0.888. The number of hydrogen-bond donors (Lipinski definition) is 4. The van der Waals surface area contributed by atoms with E-state index in [9.17, 15) is 19.8 Å². The van der Waals surface area contributed by atoms with E-state index in [1.165, 1.54) is 25.1 Å². The molecule has 1 aromatic carbocycles. The fourth-order valence-corrected chi connectivity index (χ4v) is 2.04. The predicted molar refractivity (Wildman–Crippen MR) is 77.1 cm³/mol. The van der Waals surface area contributed by atoms with E-state index in [-0.39, 0.29) is 25.3 Å². The molecule has 0 bridgehead atoms. The number of amides is 1. The molecule has 2 unspecified atom stereocenters. The van der Waals surface area contributed by atoms with Crippen LogP contribution in [-0.4, -0.2) is 39.8 Å². The van der Waals surface area contributed by atoms with E-state index in [1.807, 2.05) is 0 Å². The molecule has 1 rings (SSSR count). The number of carboxylic acids is 1. The molecule has 116 valence electrons. The molecule has 0 heterocycles. The van der Waals surface area contributed by atoms with E-state index in [4.69, 9.17) is 16.7 Å². The van der Waals surface area contributed by atoms with Gasteiger partial charge in [-0.2, -0.15) is 0 Å². The second-order valence-electron chi connectivity index (χ2n) is 4.71. The summed E-state index contributed by atoms with van der Waals surface area (Å²) in [6, 6.07) is 4.47. The third kappa shape index (κ3) is 5.71. The Morgan fingerprint density at radius 2 is 2.00 bits per heavy atom. The molecule has 0 spiro atoms. The van der Waals surface area contributed by atoms with E-state index >= 15 is 0 Å². The lowest BCUT2D eigenvalue weighted by Crippen LogP contribution is -2.27. The highest BCUT2D eigenvalue weighted by molar-refractivity contribution is 6.31. The SMILES string of the molecule is CC(=O)NCCC(O)C(O)c1ccc(Cl)c(CC(=O)O)c1. The molecule has 1 amide bonds. The minimum Gasteiger partial charge on any atom is -0.481 e. The third-order valence-electron chi connectivity index (χ3n) is 2.93. The van der Waals surface area contributed by atoms with Crippen LogP contribution in [0.1, 0.15) is 30.6 Å². The van der Waals surface area contributed by atoms with Gasteiger partial charge in [-0.15, -0.1) is 0 Å². The van der Waals surface area contributed by atoms with Crippen LogP contribution in [-0.2, 0) is 16.0 Å². The number of nitrogens with one attached hydrogen (secondary N) is 1. The third-order valence-corrected chi connectivity index (χ3v) is 3.30. The minimum atomic E-state index is -1.18. The summed E-state index contributed by atoms with van der Waals surface area (Å²) in [5.74, 6) is -1.25. The zero-order valence-electron chi connectivity index (χ0n) is 11.5. The molecule has 0 radical (unpaired) electrons. The van der Waals surface area contributed by atoms with E-state index in [0.717, 1.165) is 0 Å². The molecule has 1 aromatic rings. The van der Waals surface area contributed by atoms with Crippen LogP contribution in [0.15, 0.2) is 18.2 Å². The number of aliphatic hydroxyl groups excluding tert-OH is 2. The van der Waals surface area contributed by atoms with Crippen molar-refractivity contribution in [2.45, 2.75) is 32.0 Å². The Morgan fingerprint density at radius 1 is 1.33 bits per heavy atom. The van der Waals surface area contributed by atoms with Crippen molar-refractivity contribution in [2.24, 2.45) is 0 Å². The van der Waals surface area contributed by atoms with Crippen molar-refractivity contribution in [3.05, 3.63) is 34.3 Å². The van der Waals surface area contributed by atoms with Crippen LogP contribution in [0.3, 0.4) is 0 Å². The zero-order chi connectivity index (χ0) is 16.0. The van der Waals surface area contributed by atoms with Crippen molar-refractivity contribution in [1.29, 1.82) is 0 Å². The van der Waals surface area contributed by atoms with Crippen LogP contribution in [0.4, 0.5) is 0 Å². The van der Waals surface area contributed by atoms with Gasteiger partial charge in [0, 0.05) is 18.5 Å². The maximum Gasteiger partial charge on any atom is 0.307 e. The number of hydrogen-bond acceptors (Lipinski definition) is 4. The van der Waals surface area contributed by atoms with Crippen molar-refractivity contribution < 1.29 is 24.9 Å². The highest BCUT2D eigenvalue weighted by Gasteiger charge is 2.19. The summed E-state index contributed by atoms with van der Waals surface area (Å²) in [6.07, 6.45) is -2.33. The topological polar surface area (TPSA) is 107 Å². The van der Waals surface area contributed by atoms with E-state index in [0.29, 0.717) is 16.1 Å². The highest BCUT2D eigenvalue weighted by atomic mass is 35.5. The average Bonchev–Trinajstić information content (AvgIpc) is 2.39. The molecule has 21 heavy (non-hydrogen) atoms. The molecule has 0 aliphatic carbocycles. The molecule has 0 aliphatic rings. The number of carbonyl (C=O) groups excluding carboxylic acids is 1. The average molecular weight is 316 g/mol. The zero-order valence-corrected chi connectivity index (χ0v) is 12.3. The van der Waals surface area contributed by atoms with Gasteiger partial charge in [0.1, 0.15) is 6.10 Å². The molecule has 2 atom stereocenters. The highest BCUT2D eigenvalue weighted by Crippen LogP contribution is 2.25. The van der Waals surface area contributed by atoms with E-state index in [1.54, 1.807) is 0 Å². The molecule has 7 heteroatoms. The second-order valence-corrected chi connectivity index (χ2v) is 5.11. The van der Waals surface area contributed by atoms with E-state index in [2.05, 4.69) is 5.32 Å². The lowest BCUT2D eigenvalue weighted by atomic mass is 9.99. The van der Waals surface area contributed by atoms with Crippen LogP contribution in [0.2, 0.25) is 5.02 Å². The monoisotopic (exact) mass is 315 g/mol. The van der Waals surface area contributed by atoms with Crippen LogP contribution in [0.5, 0.6) is 0 Å². The summed E-state index contributed by atoms with van der Waals surface area (Å²) in [5.41, 5.74) is 0.751. The Bertz CT molecular complexity index is 520. The fraction of sp³-hybridized carbons (Fsp3) is 0.429. The number of aliphatic hydroxyl groups is 2. The van der Waals surface area contributed by atoms with Gasteiger partial charge in [-0.1, -0.05) is 23.7 Å². The molecule has 0 aromatic heterocycles. The maximum atomic E-state index is 10.7. The van der Waals surface area contributed by atoms with Crippen LogP contribution < -0.4 is 5.32 Å². The Hall–Kier alpha value is -1.63. The van der Waals surface area contributed by atoms with Gasteiger partial charge >= 0.3 is 5.97 Å². The summed E-state index contributed by atoms with van der Waals surface area (Å²) >= 11 is 5.89. The van der Waals surface area contributed by atoms with Crippen molar-refractivity contribution in [3.63, 3.8) is 0 Å². The molecule has 0 saturated carbocycles. The summed E-state index contributed by atoms with van der Waals surface area (Å²) in [4.78, 5) is 21.5. The number of benzene rings is 1. The smallest absolute Gasteiger partial charge is 0.307 e. The molecule has 0 fully saturated rings. The molecular formula is C14H18ClNO5. The molecule has 4 N–H and O–H groups in total. The van der Waals surface area contributed by atoms with Gasteiger partial charge in [0.25, 0.3) is 0 Å². The van der Waals surface area contributed by atoms with Crippen molar-refractivity contribution in [1.82, 2.24) is 5.32 Å². The van der Waals surface area contributed by atoms with Crippen molar-refractivity contribution >= 4 is 23.5 Å². The first-order valence-electron chi connectivity index (χ1n) is 6.42. The lowest BCUT2D eigenvalue weighted by molar-refractivity contribution is -0.136. The number of halogens is 1. The van der Waals surface area contributed by atoms with Gasteiger partial charge < -0.3 is 20.6 Å². The van der Waals surface area contributed by atoms with Crippen molar-refractivity contribution in [3.8, 4) is 0 Å². The van der Waals surface area contributed by atoms with E-state index < -0.39 is 18.2 Å². The first-order chi connectivity index (χ1) is 9.81. The van der Waals surface area contributed by atoms with Gasteiger partial charge in [0.2, 0.25) is 5.91 Å². The fourth-order valence-electron chi connectivity index (χ4n) is 1.85.